The number of hydrogen-bond acceptors (Lipinski definition) is 2. The van der Waals surface area contributed by atoms with Crippen molar-refractivity contribution in [3.8, 4) is 5.75 Å². The Hall–Kier alpha value is -1.38. The molecule has 0 aliphatic carbocycles. The summed E-state index contributed by atoms with van der Waals surface area (Å²) in [5, 5.41) is 4.56. The van der Waals surface area contributed by atoms with Crippen molar-refractivity contribution in [1.29, 1.82) is 0 Å². The molecule has 100 valence electrons. The molecule has 0 fully saturated rings. The molecule has 0 atom stereocenters. The third-order valence-electron chi connectivity index (χ3n) is 2.64. The van der Waals surface area contributed by atoms with Crippen molar-refractivity contribution in [3.63, 3.8) is 0 Å². The van der Waals surface area contributed by atoms with E-state index in [1.165, 1.54) is 0 Å². The van der Waals surface area contributed by atoms with E-state index in [0.717, 1.165) is 11.3 Å². The third kappa shape index (κ3) is 4.05. The van der Waals surface area contributed by atoms with Gasteiger partial charge in [-0.15, -0.1) is 0 Å². The standard InChI is InChI=1S/C15H15Cl2NO/c1-11-6-7-15(13(17)10-11)19-9-8-18-14-5-3-2-4-12(14)16/h2-7,10,18H,8-9H2,1H3. The van der Waals surface area contributed by atoms with Crippen LogP contribution in [-0.2, 0) is 0 Å². The Morgan fingerprint density at radius 2 is 1.84 bits per heavy atom. The fraction of sp³-hybridized carbons (Fsp3) is 0.200. The number of ether oxygens (including phenoxy) is 1. The number of rotatable bonds is 5. The Bertz CT molecular complexity index is 558. The van der Waals surface area contributed by atoms with Gasteiger partial charge in [-0.2, -0.15) is 0 Å². The second-order valence-electron chi connectivity index (χ2n) is 4.19. The molecular weight excluding hydrogens is 281 g/mol. The molecule has 2 aromatic rings. The van der Waals surface area contributed by atoms with E-state index >= 15 is 0 Å². The fourth-order valence-corrected chi connectivity index (χ4v) is 2.17. The van der Waals surface area contributed by atoms with Crippen molar-refractivity contribution >= 4 is 28.9 Å². The van der Waals surface area contributed by atoms with Crippen LogP contribution in [0.2, 0.25) is 10.0 Å². The van der Waals surface area contributed by atoms with Gasteiger partial charge in [0.2, 0.25) is 0 Å². The largest absolute Gasteiger partial charge is 0.490 e. The number of anilines is 1. The van der Waals surface area contributed by atoms with Crippen LogP contribution in [0.5, 0.6) is 5.75 Å². The van der Waals surface area contributed by atoms with Crippen LogP contribution in [0.15, 0.2) is 42.5 Å². The van der Waals surface area contributed by atoms with E-state index in [1.54, 1.807) is 0 Å². The first kappa shape index (κ1) is 14.0. The van der Waals surface area contributed by atoms with Crippen LogP contribution >= 0.6 is 23.2 Å². The zero-order valence-corrected chi connectivity index (χ0v) is 12.1. The van der Waals surface area contributed by atoms with Gasteiger partial charge in [-0.05, 0) is 36.8 Å². The lowest BCUT2D eigenvalue weighted by atomic mass is 10.2. The number of para-hydroxylation sites is 1. The van der Waals surface area contributed by atoms with E-state index < -0.39 is 0 Å². The van der Waals surface area contributed by atoms with Gasteiger partial charge in [0.25, 0.3) is 0 Å². The predicted molar refractivity (Wildman–Crippen MR) is 81.6 cm³/mol. The predicted octanol–water partition coefficient (Wildman–Crippen LogP) is 4.79. The van der Waals surface area contributed by atoms with Crippen LogP contribution in [0.4, 0.5) is 5.69 Å². The fourth-order valence-electron chi connectivity index (χ4n) is 1.67. The summed E-state index contributed by atoms with van der Waals surface area (Å²) in [7, 11) is 0. The van der Waals surface area contributed by atoms with Crippen molar-refractivity contribution in [1.82, 2.24) is 0 Å². The molecule has 2 aromatic carbocycles. The van der Waals surface area contributed by atoms with E-state index in [-0.39, 0.29) is 0 Å². The quantitative estimate of drug-likeness (QED) is 0.801. The Morgan fingerprint density at radius 1 is 1.05 bits per heavy atom. The summed E-state index contributed by atoms with van der Waals surface area (Å²) in [6.07, 6.45) is 0. The monoisotopic (exact) mass is 295 g/mol. The number of nitrogens with one attached hydrogen (secondary N) is 1. The number of benzene rings is 2. The lowest BCUT2D eigenvalue weighted by Crippen LogP contribution is -2.11. The Labute approximate surface area is 123 Å². The second kappa shape index (κ2) is 6.69. The van der Waals surface area contributed by atoms with Gasteiger partial charge in [-0.25, -0.2) is 0 Å². The van der Waals surface area contributed by atoms with Gasteiger partial charge in [0, 0.05) is 6.54 Å². The van der Waals surface area contributed by atoms with Crippen molar-refractivity contribution < 1.29 is 4.74 Å². The molecule has 4 heteroatoms. The molecule has 0 aliphatic rings. The van der Waals surface area contributed by atoms with Crippen LogP contribution in [0, 0.1) is 6.92 Å². The lowest BCUT2D eigenvalue weighted by molar-refractivity contribution is 0.333. The van der Waals surface area contributed by atoms with Crippen LogP contribution in [-0.4, -0.2) is 13.2 Å². The van der Waals surface area contributed by atoms with Crippen molar-refractivity contribution in [2.75, 3.05) is 18.5 Å². The van der Waals surface area contributed by atoms with Crippen LogP contribution in [0.1, 0.15) is 5.56 Å². The van der Waals surface area contributed by atoms with E-state index in [0.29, 0.717) is 28.9 Å². The molecule has 0 radical (unpaired) electrons. The third-order valence-corrected chi connectivity index (χ3v) is 3.26. The van der Waals surface area contributed by atoms with Gasteiger partial charge in [-0.3, -0.25) is 0 Å². The average molecular weight is 296 g/mol. The molecule has 0 unspecified atom stereocenters. The number of halogens is 2. The molecule has 0 saturated carbocycles. The molecular formula is C15H15Cl2NO. The topological polar surface area (TPSA) is 21.3 Å². The smallest absolute Gasteiger partial charge is 0.137 e. The molecule has 19 heavy (non-hydrogen) atoms. The Balaban J connectivity index is 1.83. The van der Waals surface area contributed by atoms with Gasteiger partial charge in [0.15, 0.2) is 0 Å². The number of aryl methyl sites for hydroxylation is 1. The van der Waals surface area contributed by atoms with E-state index in [1.807, 2.05) is 49.4 Å². The SMILES string of the molecule is Cc1ccc(OCCNc2ccccc2Cl)c(Cl)c1. The number of hydrogen-bond donors (Lipinski definition) is 1. The zero-order valence-electron chi connectivity index (χ0n) is 10.6. The summed E-state index contributed by atoms with van der Waals surface area (Å²) in [6, 6.07) is 13.4. The summed E-state index contributed by atoms with van der Waals surface area (Å²) in [4.78, 5) is 0. The van der Waals surface area contributed by atoms with E-state index in [4.69, 9.17) is 27.9 Å². The summed E-state index contributed by atoms with van der Waals surface area (Å²) in [5.74, 6) is 0.702. The van der Waals surface area contributed by atoms with E-state index in [9.17, 15) is 0 Å². The Kier molecular flexibility index (Phi) is 4.94. The van der Waals surface area contributed by atoms with Gasteiger partial charge in [-0.1, -0.05) is 41.4 Å². The van der Waals surface area contributed by atoms with Gasteiger partial charge in [0.1, 0.15) is 12.4 Å². The highest BCUT2D eigenvalue weighted by atomic mass is 35.5. The minimum atomic E-state index is 0.522. The maximum Gasteiger partial charge on any atom is 0.137 e. The highest BCUT2D eigenvalue weighted by molar-refractivity contribution is 6.33. The zero-order chi connectivity index (χ0) is 13.7. The first-order chi connectivity index (χ1) is 9.16. The maximum atomic E-state index is 6.08. The summed E-state index contributed by atoms with van der Waals surface area (Å²) in [5.41, 5.74) is 2.02. The minimum absolute atomic E-state index is 0.522. The highest BCUT2D eigenvalue weighted by Gasteiger charge is 2.02. The molecule has 0 spiro atoms. The van der Waals surface area contributed by atoms with E-state index in [2.05, 4.69) is 5.32 Å². The molecule has 0 amide bonds. The lowest BCUT2D eigenvalue weighted by Gasteiger charge is -2.11. The Morgan fingerprint density at radius 3 is 2.58 bits per heavy atom. The average Bonchev–Trinajstić information content (AvgIpc) is 2.38. The van der Waals surface area contributed by atoms with Crippen molar-refractivity contribution in [2.45, 2.75) is 6.92 Å². The molecule has 0 saturated heterocycles. The van der Waals surface area contributed by atoms with Gasteiger partial charge < -0.3 is 10.1 Å². The van der Waals surface area contributed by atoms with Crippen molar-refractivity contribution in [3.05, 3.63) is 58.1 Å². The normalized spacial score (nSPS) is 10.3. The van der Waals surface area contributed by atoms with Gasteiger partial charge >= 0.3 is 0 Å². The molecule has 2 nitrogen and oxygen atoms in total. The second-order valence-corrected chi connectivity index (χ2v) is 5.00. The molecule has 2 rings (SSSR count). The van der Waals surface area contributed by atoms with Crippen molar-refractivity contribution in [2.24, 2.45) is 0 Å². The first-order valence-electron chi connectivity index (χ1n) is 6.04. The van der Waals surface area contributed by atoms with Crippen LogP contribution in [0.3, 0.4) is 0 Å². The molecule has 0 heterocycles. The summed E-state index contributed by atoms with van der Waals surface area (Å²) < 4.78 is 5.62. The maximum absolute atomic E-state index is 6.08. The summed E-state index contributed by atoms with van der Waals surface area (Å²) >= 11 is 12.1. The molecule has 0 aromatic heterocycles. The molecule has 1 N–H and O–H groups in total. The minimum Gasteiger partial charge on any atom is -0.490 e. The molecule has 0 bridgehead atoms. The van der Waals surface area contributed by atoms with Crippen LogP contribution in [0.25, 0.3) is 0 Å². The van der Waals surface area contributed by atoms with Crippen LogP contribution < -0.4 is 10.1 Å². The first-order valence-corrected chi connectivity index (χ1v) is 6.80. The highest BCUT2D eigenvalue weighted by Crippen LogP contribution is 2.25. The molecule has 0 aliphatic heterocycles. The van der Waals surface area contributed by atoms with Gasteiger partial charge in [0.05, 0.1) is 15.7 Å². The summed E-state index contributed by atoms with van der Waals surface area (Å²) in [6.45, 7) is 3.18.